The van der Waals surface area contributed by atoms with Gasteiger partial charge in [-0.2, -0.15) is 0 Å². The van der Waals surface area contributed by atoms with E-state index < -0.39 is 0 Å². The van der Waals surface area contributed by atoms with Gasteiger partial charge in [-0.25, -0.2) is 0 Å². The van der Waals surface area contributed by atoms with Gasteiger partial charge in [0, 0.05) is 39.0 Å². The number of anilines is 3. The van der Waals surface area contributed by atoms with Gasteiger partial charge in [-0.05, 0) is 93.5 Å². The summed E-state index contributed by atoms with van der Waals surface area (Å²) in [5, 5.41) is 8.44. The van der Waals surface area contributed by atoms with Crippen LogP contribution >= 0.6 is 0 Å². The first-order valence-corrected chi connectivity index (χ1v) is 20.2. The Kier molecular flexibility index (Phi) is 7.57. The Morgan fingerprint density at radius 3 is 1.68 bits per heavy atom. The van der Waals surface area contributed by atoms with Crippen LogP contribution in [-0.4, -0.2) is 4.57 Å². The topological polar surface area (TPSA) is 33.3 Å². The van der Waals surface area contributed by atoms with Crippen LogP contribution in [0.3, 0.4) is 0 Å². The molecule has 1 aliphatic rings. The van der Waals surface area contributed by atoms with Gasteiger partial charge >= 0.3 is 0 Å². The van der Waals surface area contributed by atoms with Gasteiger partial charge in [0.25, 0.3) is 0 Å². The van der Waals surface area contributed by atoms with Crippen molar-refractivity contribution in [1.29, 1.82) is 0 Å². The standard InChI is InChI=1S/C55H37N3O/c1-4-13-36(14-5-1)40-27-30-45-46-31-28-41(37-15-6-2-7-16-37)34-51(46)57(50(45)33-40)43-29-32-47-53(35-43)59-52-22-12-19-44(54(47)52)38-23-25-39(26-24-38)55-56-48-20-10-11-21-49(48)58(55)42-17-8-3-9-18-42/h1-35,55-56H. The van der Waals surface area contributed by atoms with E-state index in [0.717, 1.165) is 61.2 Å². The lowest BCUT2D eigenvalue weighted by Crippen LogP contribution is -2.23. The number of fused-ring (bicyclic) bond motifs is 7. The Morgan fingerprint density at radius 2 is 1.00 bits per heavy atom. The summed E-state index contributed by atoms with van der Waals surface area (Å²) in [4.78, 5) is 2.38. The van der Waals surface area contributed by atoms with E-state index in [1.807, 2.05) is 0 Å². The summed E-state index contributed by atoms with van der Waals surface area (Å²) in [7, 11) is 0. The van der Waals surface area contributed by atoms with Gasteiger partial charge in [0.2, 0.25) is 0 Å². The van der Waals surface area contributed by atoms with Gasteiger partial charge in [-0.15, -0.1) is 0 Å². The summed E-state index contributed by atoms with van der Waals surface area (Å²) in [6.45, 7) is 0. The number of para-hydroxylation sites is 3. The van der Waals surface area contributed by atoms with Gasteiger partial charge in [0.05, 0.1) is 22.4 Å². The molecule has 1 unspecified atom stereocenters. The summed E-state index contributed by atoms with van der Waals surface area (Å²) in [5.41, 5.74) is 16.9. The highest BCUT2D eigenvalue weighted by atomic mass is 16.3. The van der Waals surface area contributed by atoms with Crippen molar-refractivity contribution in [3.63, 3.8) is 0 Å². The van der Waals surface area contributed by atoms with Gasteiger partial charge in [0.1, 0.15) is 17.3 Å². The van der Waals surface area contributed by atoms with E-state index in [2.05, 4.69) is 227 Å². The van der Waals surface area contributed by atoms with E-state index in [9.17, 15) is 0 Å². The third kappa shape index (κ3) is 5.45. The summed E-state index contributed by atoms with van der Waals surface area (Å²) in [6, 6.07) is 76.2. The first-order chi connectivity index (χ1) is 29.2. The summed E-state index contributed by atoms with van der Waals surface area (Å²) in [6.07, 6.45) is -0.0267. The smallest absolute Gasteiger partial charge is 0.137 e. The maximum Gasteiger partial charge on any atom is 0.137 e. The molecule has 9 aromatic carbocycles. The highest BCUT2D eigenvalue weighted by Gasteiger charge is 2.31. The highest BCUT2D eigenvalue weighted by molar-refractivity contribution is 6.14. The number of benzene rings is 9. The Morgan fingerprint density at radius 1 is 0.407 bits per heavy atom. The van der Waals surface area contributed by atoms with Crippen molar-refractivity contribution in [2.75, 3.05) is 10.2 Å². The molecule has 4 nitrogen and oxygen atoms in total. The Bertz CT molecular complexity index is 3250. The predicted octanol–water partition coefficient (Wildman–Crippen LogP) is 14.9. The summed E-state index contributed by atoms with van der Waals surface area (Å²) >= 11 is 0. The number of nitrogens with one attached hydrogen (secondary N) is 1. The molecule has 4 heteroatoms. The normalized spacial score (nSPS) is 13.7. The van der Waals surface area contributed by atoms with Gasteiger partial charge in [0.15, 0.2) is 0 Å². The van der Waals surface area contributed by atoms with Crippen LogP contribution in [0.1, 0.15) is 11.7 Å². The van der Waals surface area contributed by atoms with E-state index in [4.69, 9.17) is 4.42 Å². The van der Waals surface area contributed by atoms with Crippen LogP contribution in [-0.2, 0) is 0 Å². The number of aromatic nitrogens is 1. The molecule has 0 amide bonds. The Balaban J connectivity index is 0.972. The molecule has 0 spiro atoms. The largest absolute Gasteiger partial charge is 0.456 e. The van der Waals surface area contributed by atoms with Crippen LogP contribution in [0.25, 0.3) is 82.8 Å². The molecule has 59 heavy (non-hydrogen) atoms. The van der Waals surface area contributed by atoms with Crippen molar-refractivity contribution in [3.05, 3.63) is 218 Å². The lowest BCUT2D eigenvalue weighted by Gasteiger charge is -2.27. The zero-order valence-electron chi connectivity index (χ0n) is 32.1. The van der Waals surface area contributed by atoms with Crippen molar-refractivity contribution in [2.45, 2.75) is 6.17 Å². The van der Waals surface area contributed by atoms with Gasteiger partial charge in [-0.3, -0.25) is 0 Å². The van der Waals surface area contributed by atoms with Crippen molar-refractivity contribution in [2.24, 2.45) is 0 Å². The van der Waals surface area contributed by atoms with Crippen molar-refractivity contribution in [1.82, 2.24) is 4.57 Å². The van der Waals surface area contributed by atoms with E-state index in [1.54, 1.807) is 0 Å². The molecular weight excluding hydrogens is 719 g/mol. The molecule has 2 aromatic heterocycles. The fourth-order valence-electron chi connectivity index (χ4n) is 9.22. The first kappa shape index (κ1) is 33.3. The minimum Gasteiger partial charge on any atom is -0.456 e. The molecule has 0 aliphatic carbocycles. The molecular formula is C55H37N3O. The third-order valence-corrected chi connectivity index (χ3v) is 12.0. The molecule has 0 saturated heterocycles. The monoisotopic (exact) mass is 755 g/mol. The van der Waals surface area contributed by atoms with Crippen LogP contribution in [0, 0.1) is 0 Å². The molecule has 11 aromatic rings. The number of hydrogen-bond acceptors (Lipinski definition) is 3. The van der Waals surface area contributed by atoms with Crippen LogP contribution in [0.15, 0.2) is 217 Å². The molecule has 1 N–H and O–H groups in total. The number of nitrogens with zero attached hydrogens (tertiary/aromatic N) is 2. The second-order valence-electron chi connectivity index (χ2n) is 15.4. The number of hydrogen-bond donors (Lipinski definition) is 1. The first-order valence-electron chi connectivity index (χ1n) is 20.2. The van der Waals surface area contributed by atoms with E-state index in [0.29, 0.717) is 0 Å². The second-order valence-corrected chi connectivity index (χ2v) is 15.4. The highest BCUT2D eigenvalue weighted by Crippen LogP contribution is 2.46. The van der Waals surface area contributed by atoms with Crippen LogP contribution in [0.5, 0.6) is 0 Å². The number of furan rings is 1. The quantitative estimate of drug-likeness (QED) is 0.183. The third-order valence-electron chi connectivity index (χ3n) is 12.0. The molecule has 0 radical (unpaired) electrons. The fourth-order valence-corrected chi connectivity index (χ4v) is 9.22. The Hall–Kier alpha value is -7.82. The van der Waals surface area contributed by atoms with Crippen LogP contribution in [0.2, 0.25) is 0 Å². The molecule has 278 valence electrons. The lowest BCUT2D eigenvalue weighted by molar-refractivity contribution is 0.668. The molecule has 1 aliphatic heterocycles. The van der Waals surface area contributed by atoms with Gasteiger partial charge in [-0.1, -0.05) is 152 Å². The zero-order chi connectivity index (χ0) is 38.9. The molecule has 3 heterocycles. The van der Waals surface area contributed by atoms with Crippen LogP contribution < -0.4 is 10.2 Å². The average Bonchev–Trinajstić information content (AvgIpc) is 3.99. The maximum absolute atomic E-state index is 6.74. The maximum atomic E-state index is 6.74. The number of rotatable bonds is 6. The summed E-state index contributed by atoms with van der Waals surface area (Å²) < 4.78 is 9.14. The molecule has 0 bridgehead atoms. The zero-order valence-corrected chi connectivity index (χ0v) is 32.1. The average molecular weight is 756 g/mol. The molecule has 12 rings (SSSR count). The second kappa shape index (κ2) is 13.4. The lowest BCUT2D eigenvalue weighted by atomic mass is 9.98. The van der Waals surface area contributed by atoms with Crippen molar-refractivity contribution >= 4 is 60.8 Å². The SMILES string of the molecule is c1ccc(-c2ccc3c4ccc(-c5ccccc5)cc4n(-c4ccc5c(c4)oc4cccc(-c6ccc(C7Nc8ccccc8N7c7ccccc7)cc6)c45)c3c2)cc1. The minimum atomic E-state index is -0.0267. The van der Waals surface area contributed by atoms with E-state index in [1.165, 1.54) is 44.3 Å². The molecule has 1 atom stereocenters. The summed E-state index contributed by atoms with van der Waals surface area (Å²) in [5.74, 6) is 0. The minimum absolute atomic E-state index is 0.0267. The van der Waals surface area contributed by atoms with E-state index in [-0.39, 0.29) is 6.17 Å². The van der Waals surface area contributed by atoms with Crippen molar-refractivity contribution in [3.8, 4) is 39.1 Å². The molecule has 0 fully saturated rings. The fraction of sp³-hybridized carbons (Fsp3) is 0.0182. The van der Waals surface area contributed by atoms with Crippen LogP contribution in [0.4, 0.5) is 17.1 Å². The molecule has 0 saturated carbocycles. The van der Waals surface area contributed by atoms with Gasteiger partial charge < -0.3 is 19.2 Å². The predicted molar refractivity (Wildman–Crippen MR) is 246 cm³/mol. The Labute approximate surface area is 341 Å². The van der Waals surface area contributed by atoms with Crippen molar-refractivity contribution < 1.29 is 4.42 Å². The van der Waals surface area contributed by atoms with E-state index >= 15 is 0 Å².